The van der Waals surface area contributed by atoms with Crippen LogP contribution < -0.4 is 0 Å². The fraction of sp³-hybridized carbons (Fsp3) is 0.625. The highest BCUT2D eigenvalue weighted by atomic mass is 32.2. The summed E-state index contributed by atoms with van der Waals surface area (Å²) in [5, 5.41) is -0.212. The van der Waals surface area contributed by atoms with Crippen LogP contribution in [0.3, 0.4) is 0 Å². The van der Waals surface area contributed by atoms with Gasteiger partial charge in [0.1, 0.15) is 12.3 Å². The van der Waals surface area contributed by atoms with Crippen LogP contribution in [0.15, 0.2) is 48.5 Å². The van der Waals surface area contributed by atoms with E-state index in [0.717, 1.165) is 11.1 Å². The number of thioether (sulfide) groups is 1. The third-order valence-electron chi connectivity index (χ3n) is 7.79. The molecule has 232 valence electrons. The van der Waals surface area contributed by atoms with E-state index < -0.39 is 16.1 Å². The van der Waals surface area contributed by atoms with Gasteiger partial charge in [-0.15, -0.1) is 11.8 Å². The monoisotopic (exact) mass is 632 g/mol. The maximum atomic E-state index is 14.2. The molecule has 0 spiro atoms. The SMILES string of the molecule is CCC(CC(SC(CC(CC)C[P+](O)(O)F)c1ccccc1C(C)(C)C)c1ccccc1C(C)(C)C)C[P+](O)(O)F. The van der Waals surface area contributed by atoms with E-state index in [2.05, 4.69) is 65.8 Å². The van der Waals surface area contributed by atoms with Crippen LogP contribution in [0.25, 0.3) is 0 Å². The Balaban J connectivity index is 2.71. The first kappa shape index (κ1) is 36.5. The molecule has 0 radical (unpaired) electrons. The lowest BCUT2D eigenvalue weighted by Crippen LogP contribution is -2.20. The number of rotatable bonds is 14. The van der Waals surface area contributed by atoms with Crippen LogP contribution in [-0.4, -0.2) is 31.9 Å². The highest BCUT2D eigenvalue weighted by molar-refractivity contribution is 7.99. The van der Waals surface area contributed by atoms with Gasteiger partial charge in [0.05, 0.1) is 0 Å². The smallest absolute Gasteiger partial charge is 0.189 e. The predicted molar refractivity (Wildman–Crippen MR) is 175 cm³/mol. The first-order valence-electron chi connectivity index (χ1n) is 14.7. The van der Waals surface area contributed by atoms with Gasteiger partial charge < -0.3 is 0 Å². The lowest BCUT2D eigenvalue weighted by atomic mass is 9.81. The third-order valence-corrected chi connectivity index (χ3v) is 11.3. The van der Waals surface area contributed by atoms with Gasteiger partial charge in [0.25, 0.3) is 0 Å². The van der Waals surface area contributed by atoms with E-state index in [9.17, 15) is 28.0 Å². The van der Waals surface area contributed by atoms with Crippen LogP contribution in [0.1, 0.15) is 114 Å². The van der Waals surface area contributed by atoms with Gasteiger partial charge in [-0.25, -0.2) is 0 Å². The maximum absolute atomic E-state index is 14.2. The Hall–Kier alpha value is -0.650. The Labute approximate surface area is 252 Å². The second-order valence-corrected chi connectivity index (χ2v) is 18.2. The Morgan fingerprint density at radius 3 is 1.22 bits per heavy atom. The first-order chi connectivity index (χ1) is 18.7. The highest BCUT2D eigenvalue weighted by Gasteiger charge is 2.41. The summed E-state index contributed by atoms with van der Waals surface area (Å²) >= 11 is 1.75. The van der Waals surface area contributed by atoms with Crippen LogP contribution in [0.4, 0.5) is 8.39 Å². The molecule has 4 nitrogen and oxygen atoms in total. The molecule has 0 fully saturated rings. The molecule has 0 saturated heterocycles. The topological polar surface area (TPSA) is 80.9 Å². The van der Waals surface area contributed by atoms with Crippen molar-refractivity contribution in [3.63, 3.8) is 0 Å². The first-order valence-corrected chi connectivity index (χ1v) is 19.1. The van der Waals surface area contributed by atoms with Gasteiger partial charge in [0.15, 0.2) is 0 Å². The van der Waals surface area contributed by atoms with Crippen LogP contribution in [0, 0.1) is 11.8 Å². The van der Waals surface area contributed by atoms with Crippen LogP contribution in [0.2, 0.25) is 0 Å². The molecule has 9 heteroatoms. The lowest BCUT2D eigenvalue weighted by Gasteiger charge is -2.34. The van der Waals surface area contributed by atoms with Crippen molar-refractivity contribution < 1.29 is 28.0 Å². The van der Waals surface area contributed by atoms with Crippen molar-refractivity contribution in [1.29, 1.82) is 0 Å². The quantitative estimate of drug-likeness (QED) is 0.156. The minimum Gasteiger partial charge on any atom is -0.189 e. The van der Waals surface area contributed by atoms with Crippen molar-refractivity contribution in [2.45, 2.75) is 102 Å². The number of hydrogen-bond donors (Lipinski definition) is 4. The summed E-state index contributed by atoms with van der Waals surface area (Å²) in [6, 6.07) is 16.5. The largest absolute Gasteiger partial charge is 0.463 e. The molecule has 0 aromatic heterocycles. The van der Waals surface area contributed by atoms with Crippen molar-refractivity contribution in [2.75, 3.05) is 12.3 Å². The summed E-state index contributed by atoms with van der Waals surface area (Å²) in [5.41, 5.74) is 4.31. The summed E-state index contributed by atoms with van der Waals surface area (Å²) in [5.74, 6) is -0.484. The minimum absolute atomic E-state index is 0.106. The van der Waals surface area contributed by atoms with Crippen molar-refractivity contribution in [3.05, 3.63) is 70.8 Å². The molecular weight excluding hydrogens is 580 g/mol. The zero-order chi connectivity index (χ0) is 31.2. The Kier molecular flexibility index (Phi) is 13.3. The zero-order valence-corrected chi connectivity index (χ0v) is 28.6. The molecule has 0 aliphatic rings. The van der Waals surface area contributed by atoms with Crippen molar-refractivity contribution in [3.8, 4) is 0 Å². The average molecular weight is 633 g/mol. The molecule has 0 aliphatic carbocycles. The predicted octanol–water partition coefficient (Wildman–Crippen LogP) is 10.1. The minimum atomic E-state index is -4.46. The third kappa shape index (κ3) is 12.1. The van der Waals surface area contributed by atoms with Gasteiger partial charge in [0.2, 0.25) is 0 Å². The summed E-state index contributed by atoms with van der Waals surface area (Å²) in [4.78, 5) is 39.0. The second-order valence-electron chi connectivity index (χ2n) is 13.5. The van der Waals surface area contributed by atoms with E-state index in [0.29, 0.717) is 25.7 Å². The number of benzene rings is 2. The van der Waals surface area contributed by atoms with Gasteiger partial charge in [-0.1, -0.05) is 104 Å². The Morgan fingerprint density at radius 1 is 0.634 bits per heavy atom. The maximum Gasteiger partial charge on any atom is 0.463 e. The summed E-state index contributed by atoms with van der Waals surface area (Å²) in [7, 11) is -8.91. The Morgan fingerprint density at radius 2 is 0.951 bits per heavy atom. The summed E-state index contributed by atoms with van der Waals surface area (Å²) < 4.78 is 28.3. The van der Waals surface area contributed by atoms with E-state index in [-0.39, 0.29) is 45.5 Å². The fourth-order valence-electron chi connectivity index (χ4n) is 5.63. The van der Waals surface area contributed by atoms with Crippen molar-refractivity contribution in [1.82, 2.24) is 0 Å². The molecule has 0 bridgehead atoms. The van der Waals surface area contributed by atoms with Crippen molar-refractivity contribution in [2.24, 2.45) is 11.8 Å². The van der Waals surface area contributed by atoms with Gasteiger partial charge in [-0.2, -0.15) is 19.6 Å². The summed E-state index contributed by atoms with van der Waals surface area (Å²) in [6.07, 6.45) is 1.75. The molecule has 0 saturated carbocycles. The molecule has 0 heterocycles. The van der Waals surface area contributed by atoms with Crippen LogP contribution >= 0.6 is 27.8 Å². The average Bonchev–Trinajstić information content (AvgIpc) is 2.84. The molecule has 4 atom stereocenters. The molecular formula is C32H52F2O4P2S+2. The standard InChI is InChI=1S/C32H52F2O4P2S/c1-9-23(21-39(33,35)36)19-29(25-15-11-13-17-27(25)31(3,4)5)41-30(20-24(10-2)22-40(34,37)38)26-16-12-14-18-28(26)32(6,7)8/h11-18,23-24,29-30,35-38H,9-10,19-22H2,1-8H3/q+2. The lowest BCUT2D eigenvalue weighted by molar-refractivity contribution is 0.366. The molecule has 2 aromatic carbocycles. The molecule has 4 unspecified atom stereocenters. The van der Waals surface area contributed by atoms with Crippen LogP contribution in [-0.2, 0) is 10.8 Å². The van der Waals surface area contributed by atoms with E-state index in [4.69, 9.17) is 0 Å². The molecule has 41 heavy (non-hydrogen) atoms. The fourth-order valence-corrected chi connectivity index (χ4v) is 9.63. The van der Waals surface area contributed by atoms with E-state index in [1.54, 1.807) is 11.8 Å². The van der Waals surface area contributed by atoms with E-state index >= 15 is 0 Å². The van der Waals surface area contributed by atoms with E-state index in [1.807, 2.05) is 38.1 Å². The number of hydrogen-bond acceptors (Lipinski definition) is 5. The van der Waals surface area contributed by atoms with Gasteiger partial charge in [0, 0.05) is 30.7 Å². The van der Waals surface area contributed by atoms with Gasteiger partial charge in [-0.05, 0) is 58.8 Å². The Bertz CT molecular complexity index is 1010. The summed E-state index contributed by atoms with van der Waals surface area (Å²) in [6.45, 7) is 16.9. The molecule has 2 aromatic rings. The molecule has 0 aliphatic heterocycles. The molecule has 4 N–H and O–H groups in total. The molecule has 0 amide bonds. The van der Waals surface area contributed by atoms with E-state index in [1.165, 1.54) is 11.1 Å². The van der Waals surface area contributed by atoms with Crippen molar-refractivity contribution >= 4 is 27.8 Å². The zero-order valence-electron chi connectivity index (χ0n) is 26.0. The second kappa shape index (κ2) is 14.9. The van der Waals surface area contributed by atoms with Gasteiger partial charge >= 0.3 is 16.1 Å². The number of halogens is 2. The highest BCUT2D eigenvalue weighted by Crippen LogP contribution is 2.58. The van der Waals surface area contributed by atoms with Crippen LogP contribution in [0.5, 0.6) is 0 Å². The normalized spacial score (nSPS) is 16.3. The van der Waals surface area contributed by atoms with Gasteiger partial charge in [-0.3, -0.25) is 0 Å². The molecule has 2 rings (SSSR count).